The molecule has 2 aromatic rings. The van der Waals surface area contributed by atoms with Gasteiger partial charge in [0.15, 0.2) is 0 Å². The van der Waals surface area contributed by atoms with E-state index in [2.05, 4.69) is 14.8 Å². The number of hydrogen-bond donors (Lipinski definition) is 2. The van der Waals surface area contributed by atoms with Crippen molar-refractivity contribution in [2.75, 3.05) is 10.5 Å². The van der Waals surface area contributed by atoms with Crippen molar-refractivity contribution >= 4 is 21.5 Å². The van der Waals surface area contributed by atoms with Gasteiger partial charge >= 0.3 is 0 Å². The van der Waals surface area contributed by atoms with E-state index in [1.807, 2.05) is 0 Å². The van der Waals surface area contributed by atoms with E-state index in [0.29, 0.717) is 11.4 Å². The van der Waals surface area contributed by atoms with Crippen molar-refractivity contribution in [1.29, 1.82) is 0 Å². The van der Waals surface area contributed by atoms with Crippen LogP contribution in [0.25, 0.3) is 0 Å². The number of hydrogen-bond acceptors (Lipinski definition) is 5. The van der Waals surface area contributed by atoms with Crippen molar-refractivity contribution in [3.8, 4) is 0 Å². The van der Waals surface area contributed by atoms with Crippen molar-refractivity contribution in [1.82, 2.24) is 14.8 Å². The minimum atomic E-state index is -3.74. The minimum Gasteiger partial charge on any atom is -0.383 e. The Morgan fingerprint density at radius 2 is 2.17 bits per heavy atom. The molecule has 0 amide bonds. The van der Waals surface area contributed by atoms with Gasteiger partial charge in [-0.05, 0) is 19.1 Å². The summed E-state index contributed by atoms with van der Waals surface area (Å²) >= 11 is 0. The fraction of sp³-hybridized carbons (Fsp3) is 0.200. The van der Waals surface area contributed by atoms with Crippen LogP contribution < -0.4 is 10.5 Å². The molecule has 0 bridgehead atoms. The van der Waals surface area contributed by atoms with Crippen LogP contribution in [0.5, 0.6) is 0 Å². The van der Waals surface area contributed by atoms with E-state index in [1.165, 1.54) is 23.0 Å². The molecule has 0 aliphatic carbocycles. The average molecular weight is 267 g/mol. The van der Waals surface area contributed by atoms with Gasteiger partial charge in [-0.3, -0.25) is 9.40 Å². The molecule has 3 N–H and O–H groups in total. The standard InChI is InChI=1S/C10H13N5O2S/c1-7-8(6-15(2)13-7)14-18(16,17)9-4-3-5-12-10(9)11/h3-6,14H,1-2H3,(H2,11,12). The summed E-state index contributed by atoms with van der Waals surface area (Å²) in [7, 11) is -2.03. The number of nitrogen functional groups attached to an aromatic ring is 1. The highest BCUT2D eigenvalue weighted by Gasteiger charge is 2.19. The van der Waals surface area contributed by atoms with Crippen molar-refractivity contribution in [3.05, 3.63) is 30.2 Å². The number of sulfonamides is 1. The first kappa shape index (κ1) is 12.4. The van der Waals surface area contributed by atoms with Gasteiger partial charge in [0.05, 0.1) is 11.4 Å². The first-order valence-electron chi connectivity index (χ1n) is 5.14. The number of nitrogens with one attached hydrogen (secondary N) is 1. The molecule has 2 rings (SSSR count). The number of pyridine rings is 1. The van der Waals surface area contributed by atoms with Crippen LogP contribution in [0.1, 0.15) is 5.69 Å². The maximum Gasteiger partial charge on any atom is 0.265 e. The van der Waals surface area contributed by atoms with Gasteiger partial charge < -0.3 is 5.73 Å². The van der Waals surface area contributed by atoms with Crippen LogP contribution in [0.2, 0.25) is 0 Å². The second-order valence-electron chi connectivity index (χ2n) is 3.79. The van der Waals surface area contributed by atoms with Crippen LogP contribution >= 0.6 is 0 Å². The largest absolute Gasteiger partial charge is 0.383 e. The van der Waals surface area contributed by atoms with Gasteiger partial charge in [-0.2, -0.15) is 5.10 Å². The lowest BCUT2D eigenvalue weighted by Gasteiger charge is -2.07. The van der Waals surface area contributed by atoms with E-state index in [4.69, 9.17) is 5.73 Å². The summed E-state index contributed by atoms with van der Waals surface area (Å²) in [6, 6.07) is 2.91. The van der Waals surface area contributed by atoms with Crippen LogP contribution in [-0.2, 0) is 17.1 Å². The molecule has 0 aliphatic rings. The van der Waals surface area contributed by atoms with E-state index >= 15 is 0 Å². The molecule has 8 heteroatoms. The highest BCUT2D eigenvalue weighted by Crippen LogP contribution is 2.20. The molecular weight excluding hydrogens is 254 g/mol. The second kappa shape index (κ2) is 4.30. The van der Waals surface area contributed by atoms with Crippen molar-refractivity contribution in [2.24, 2.45) is 7.05 Å². The van der Waals surface area contributed by atoms with Crippen molar-refractivity contribution in [3.63, 3.8) is 0 Å². The molecule has 0 unspecified atom stereocenters. The van der Waals surface area contributed by atoms with Crippen molar-refractivity contribution < 1.29 is 8.42 Å². The zero-order valence-electron chi connectivity index (χ0n) is 9.95. The third-order valence-corrected chi connectivity index (χ3v) is 3.76. The molecule has 2 heterocycles. The lowest BCUT2D eigenvalue weighted by atomic mass is 10.4. The molecule has 0 spiro atoms. The molecule has 96 valence electrons. The van der Waals surface area contributed by atoms with E-state index < -0.39 is 10.0 Å². The molecule has 0 radical (unpaired) electrons. The van der Waals surface area contributed by atoms with E-state index in [-0.39, 0.29) is 10.7 Å². The zero-order chi connectivity index (χ0) is 13.3. The number of rotatable bonds is 3. The number of aromatic nitrogens is 3. The molecule has 0 atom stereocenters. The summed E-state index contributed by atoms with van der Waals surface area (Å²) in [6.45, 7) is 1.71. The van der Waals surface area contributed by atoms with Crippen LogP contribution in [0.3, 0.4) is 0 Å². The Morgan fingerprint density at radius 3 is 2.72 bits per heavy atom. The highest BCUT2D eigenvalue weighted by molar-refractivity contribution is 7.92. The summed E-state index contributed by atoms with van der Waals surface area (Å²) in [5.41, 5.74) is 6.56. The van der Waals surface area contributed by atoms with Gasteiger partial charge in [-0.25, -0.2) is 13.4 Å². The molecule has 7 nitrogen and oxygen atoms in total. The lowest BCUT2D eigenvalue weighted by molar-refractivity contribution is 0.601. The lowest BCUT2D eigenvalue weighted by Crippen LogP contribution is -2.15. The van der Waals surface area contributed by atoms with Gasteiger partial charge in [0, 0.05) is 19.4 Å². The van der Waals surface area contributed by atoms with E-state index in [9.17, 15) is 8.42 Å². The number of nitrogens with zero attached hydrogens (tertiary/aromatic N) is 3. The Labute approximate surface area is 105 Å². The quantitative estimate of drug-likeness (QED) is 0.843. The highest BCUT2D eigenvalue weighted by atomic mass is 32.2. The zero-order valence-corrected chi connectivity index (χ0v) is 10.8. The monoisotopic (exact) mass is 267 g/mol. The topological polar surface area (TPSA) is 103 Å². The normalized spacial score (nSPS) is 11.4. The fourth-order valence-electron chi connectivity index (χ4n) is 1.53. The molecule has 0 saturated carbocycles. The predicted octanol–water partition coefficient (Wildman–Crippen LogP) is 0.507. The average Bonchev–Trinajstić information content (AvgIpc) is 2.57. The number of anilines is 2. The van der Waals surface area contributed by atoms with Crippen LogP contribution in [0, 0.1) is 6.92 Å². The van der Waals surface area contributed by atoms with Gasteiger partial charge in [0.1, 0.15) is 10.7 Å². The number of nitrogens with two attached hydrogens (primary N) is 1. The Balaban J connectivity index is 2.39. The second-order valence-corrected chi connectivity index (χ2v) is 5.44. The number of aryl methyl sites for hydroxylation is 2. The van der Waals surface area contributed by atoms with E-state index in [0.717, 1.165) is 0 Å². The summed E-state index contributed by atoms with van der Waals surface area (Å²) in [6.07, 6.45) is 3.02. The fourth-order valence-corrected chi connectivity index (χ4v) is 2.72. The Morgan fingerprint density at radius 1 is 1.44 bits per heavy atom. The molecule has 0 fully saturated rings. The first-order valence-corrected chi connectivity index (χ1v) is 6.62. The van der Waals surface area contributed by atoms with Crippen LogP contribution in [0.15, 0.2) is 29.4 Å². The van der Waals surface area contributed by atoms with Gasteiger partial charge in [-0.15, -0.1) is 0 Å². The smallest absolute Gasteiger partial charge is 0.265 e. The minimum absolute atomic E-state index is 0.0356. The van der Waals surface area contributed by atoms with Gasteiger partial charge in [-0.1, -0.05) is 0 Å². The maximum atomic E-state index is 12.1. The van der Waals surface area contributed by atoms with E-state index in [1.54, 1.807) is 20.2 Å². The maximum absolute atomic E-state index is 12.1. The Bertz CT molecular complexity index is 677. The summed E-state index contributed by atoms with van der Waals surface area (Å²) in [5.74, 6) is -0.0356. The van der Waals surface area contributed by atoms with Crippen LogP contribution in [0.4, 0.5) is 11.5 Å². The summed E-state index contributed by atoms with van der Waals surface area (Å²) < 4.78 is 28.2. The molecule has 0 aromatic carbocycles. The molecule has 18 heavy (non-hydrogen) atoms. The molecule has 0 aliphatic heterocycles. The third-order valence-electron chi connectivity index (χ3n) is 2.35. The Kier molecular flexibility index (Phi) is 2.95. The molecule has 0 saturated heterocycles. The third kappa shape index (κ3) is 2.28. The summed E-state index contributed by atoms with van der Waals surface area (Å²) in [4.78, 5) is 3.70. The first-order chi connectivity index (χ1) is 8.40. The summed E-state index contributed by atoms with van der Waals surface area (Å²) in [5, 5.41) is 4.05. The predicted molar refractivity (Wildman–Crippen MR) is 67.4 cm³/mol. The van der Waals surface area contributed by atoms with Crippen molar-refractivity contribution in [2.45, 2.75) is 11.8 Å². The van der Waals surface area contributed by atoms with Gasteiger partial charge in [0.2, 0.25) is 0 Å². The molecule has 2 aromatic heterocycles. The Hall–Kier alpha value is -2.09. The van der Waals surface area contributed by atoms with Crippen LogP contribution in [-0.4, -0.2) is 23.2 Å². The molecular formula is C10H13N5O2S. The van der Waals surface area contributed by atoms with Gasteiger partial charge in [0.25, 0.3) is 10.0 Å². The SMILES string of the molecule is Cc1nn(C)cc1NS(=O)(=O)c1cccnc1N.